The van der Waals surface area contributed by atoms with Crippen molar-refractivity contribution < 1.29 is 19.1 Å². The molecule has 0 unspecified atom stereocenters. The molecule has 172 valence electrons. The maximum Gasteiger partial charge on any atom is 0.410 e. The van der Waals surface area contributed by atoms with Crippen LogP contribution in [-0.4, -0.2) is 47.0 Å². The van der Waals surface area contributed by atoms with E-state index in [1.54, 1.807) is 46.1 Å². The lowest BCUT2D eigenvalue weighted by Crippen LogP contribution is -2.36. The average molecular weight is 449 g/mol. The van der Waals surface area contributed by atoms with Crippen LogP contribution in [0.15, 0.2) is 60.8 Å². The molecule has 8 nitrogen and oxygen atoms in total. The summed E-state index contributed by atoms with van der Waals surface area (Å²) >= 11 is 0. The number of ether oxygens (including phenoxy) is 1. The van der Waals surface area contributed by atoms with E-state index in [4.69, 9.17) is 10.5 Å². The molecule has 0 radical (unpaired) electrons. The number of hydrogen-bond donors (Lipinski definition) is 3. The highest BCUT2D eigenvalue weighted by Gasteiger charge is 2.21. The van der Waals surface area contributed by atoms with Crippen LogP contribution in [0.3, 0.4) is 0 Å². The SMILES string of the molecule is C=C(CN(C)C(=O)OC(C)(C)C)C(=O)Nc1cccc(-c2ccc(C(N)=O)c3[nH]ccc23)c1. The highest BCUT2D eigenvalue weighted by molar-refractivity contribution is 6.09. The van der Waals surface area contributed by atoms with Crippen LogP contribution in [-0.2, 0) is 9.53 Å². The molecule has 4 N–H and O–H groups in total. The van der Waals surface area contributed by atoms with Gasteiger partial charge in [0.1, 0.15) is 5.60 Å². The molecule has 0 saturated carbocycles. The van der Waals surface area contributed by atoms with Crippen molar-refractivity contribution in [1.29, 1.82) is 0 Å². The minimum absolute atomic E-state index is 0.0268. The summed E-state index contributed by atoms with van der Waals surface area (Å²) in [6.45, 7) is 9.15. The van der Waals surface area contributed by atoms with Crippen LogP contribution in [0.4, 0.5) is 10.5 Å². The van der Waals surface area contributed by atoms with Gasteiger partial charge in [-0.1, -0.05) is 24.8 Å². The number of likely N-dealkylation sites (N-methyl/N-ethyl adjacent to an activating group) is 1. The van der Waals surface area contributed by atoms with Crippen LogP contribution in [0, 0.1) is 0 Å². The van der Waals surface area contributed by atoms with Crippen molar-refractivity contribution in [2.45, 2.75) is 26.4 Å². The molecule has 0 fully saturated rings. The minimum atomic E-state index is -0.629. The quantitative estimate of drug-likeness (QED) is 0.487. The molecule has 0 aliphatic heterocycles. The number of H-pyrrole nitrogens is 1. The molecular weight excluding hydrogens is 420 g/mol. The molecule has 1 aromatic heterocycles. The summed E-state index contributed by atoms with van der Waals surface area (Å²) in [5.41, 5.74) is 8.44. The van der Waals surface area contributed by atoms with Gasteiger partial charge in [0.05, 0.1) is 17.6 Å². The number of primary amides is 1. The van der Waals surface area contributed by atoms with E-state index in [1.165, 1.54) is 4.90 Å². The zero-order valence-corrected chi connectivity index (χ0v) is 19.2. The second-order valence-corrected chi connectivity index (χ2v) is 8.77. The number of aromatic nitrogens is 1. The lowest BCUT2D eigenvalue weighted by molar-refractivity contribution is -0.113. The molecule has 0 atom stereocenters. The number of nitrogens with two attached hydrogens (primary N) is 1. The van der Waals surface area contributed by atoms with E-state index in [2.05, 4.69) is 16.9 Å². The Bertz CT molecular complexity index is 1240. The first-order valence-corrected chi connectivity index (χ1v) is 10.4. The molecule has 0 saturated heterocycles. The maximum atomic E-state index is 12.6. The van der Waals surface area contributed by atoms with Gasteiger partial charge in [-0.2, -0.15) is 0 Å². The van der Waals surface area contributed by atoms with E-state index in [9.17, 15) is 14.4 Å². The van der Waals surface area contributed by atoms with Crippen LogP contribution < -0.4 is 11.1 Å². The Morgan fingerprint density at radius 2 is 1.88 bits per heavy atom. The molecule has 3 amide bonds. The number of benzene rings is 2. The van der Waals surface area contributed by atoms with Crippen LogP contribution in [0.25, 0.3) is 22.0 Å². The van der Waals surface area contributed by atoms with Crippen LogP contribution >= 0.6 is 0 Å². The Kier molecular flexibility index (Phi) is 6.57. The van der Waals surface area contributed by atoms with Crippen molar-refractivity contribution in [3.05, 3.63) is 66.4 Å². The number of carbonyl (C=O) groups is 3. The molecular formula is C25H28N4O4. The highest BCUT2D eigenvalue weighted by Crippen LogP contribution is 2.31. The second kappa shape index (κ2) is 9.20. The van der Waals surface area contributed by atoms with E-state index >= 15 is 0 Å². The summed E-state index contributed by atoms with van der Waals surface area (Å²) in [6.07, 6.45) is 1.21. The van der Waals surface area contributed by atoms with Gasteiger partial charge in [-0.15, -0.1) is 0 Å². The van der Waals surface area contributed by atoms with Crippen molar-refractivity contribution in [1.82, 2.24) is 9.88 Å². The topological polar surface area (TPSA) is 118 Å². The molecule has 8 heteroatoms. The van der Waals surface area contributed by atoms with Gasteiger partial charge in [0.2, 0.25) is 0 Å². The van der Waals surface area contributed by atoms with E-state index < -0.39 is 23.5 Å². The minimum Gasteiger partial charge on any atom is -0.444 e. The molecule has 0 aliphatic rings. The van der Waals surface area contributed by atoms with Gasteiger partial charge < -0.3 is 25.7 Å². The molecule has 1 heterocycles. The fraction of sp³-hybridized carbons (Fsp3) is 0.240. The van der Waals surface area contributed by atoms with Gasteiger partial charge in [-0.25, -0.2) is 4.79 Å². The summed E-state index contributed by atoms with van der Waals surface area (Å²) in [4.78, 5) is 40.8. The largest absolute Gasteiger partial charge is 0.444 e. The predicted octanol–water partition coefficient (Wildman–Crippen LogP) is 4.30. The molecule has 0 bridgehead atoms. The van der Waals surface area contributed by atoms with E-state index in [1.807, 2.05) is 30.3 Å². The summed E-state index contributed by atoms with van der Waals surface area (Å²) in [5.74, 6) is -0.914. The first-order chi connectivity index (χ1) is 15.5. The van der Waals surface area contributed by atoms with Crippen molar-refractivity contribution in [3.63, 3.8) is 0 Å². The van der Waals surface area contributed by atoms with Gasteiger partial charge in [0, 0.05) is 29.9 Å². The molecule has 2 aromatic carbocycles. The van der Waals surface area contributed by atoms with Gasteiger partial charge in [0.15, 0.2) is 0 Å². The van der Waals surface area contributed by atoms with Crippen LogP contribution in [0.1, 0.15) is 31.1 Å². The molecule has 0 spiro atoms. The van der Waals surface area contributed by atoms with Gasteiger partial charge >= 0.3 is 6.09 Å². The number of anilines is 1. The predicted molar refractivity (Wildman–Crippen MR) is 129 cm³/mol. The number of aromatic amines is 1. The van der Waals surface area contributed by atoms with Gasteiger partial charge in [-0.3, -0.25) is 9.59 Å². The van der Waals surface area contributed by atoms with Crippen molar-refractivity contribution in [3.8, 4) is 11.1 Å². The number of nitrogens with one attached hydrogen (secondary N) is 2. The Hall–Kier alpha value is -4.07. The first-order valence-electron chi connectivity index (χ1n) is 10.4. The number of amides is 3. The van der Waals surface area contributed by atoms with Crippen molar-refractivity contribution in [2.75, 3.05) is 18.9 Å². The molecule has 3 aromatic rings. The standard InChI is InChI=1S/C25H28N4O4/c1-15(14-29(5)24(32)33-25(2,3)4)23(31)28-17-8-6-7-16(13-17)18-9-10-20(22(26)30)21-19(18)11-12-27-21/h6-13,27H,1,14H2,2-5H3,(H2,26,30)(H,28,31). The molecule has 33 heavy (non-hydrogen) atoms. The Labute approximate surface area is 192 Å². The molecule has 0 aliphatic carbocycles. The number of hydrogen-bond acceptors (Lipinski definition) is 4. The summed E-state index contributed by atoms with van der Waals surface area (Å²) in [7, 11) is 1.55. The van der Waals surface area contributed by atoms with E-state index in [0.29, 0.717) is 16.8 Å². The number of nitrogens with zero attached hydrogens (tertiary/aromatic N) is 1. The van der Waals surface area contributed by atoms with E-state index in [-0.39, 0.29) is 12.1 Å². The third-order valence-electron chi connectivity index (χ3n) is 4.87. The zero-order valence-electron chi connectivity index (χ0n) is 19.2. The smallest absolute Gasteiger partial charge is 0.410 e. The maximum absolute atomic E-state index is 12.6. The lowest BCUT2D eigenvalue weighted by atomic mass is 9.98. The zero-order chi connectivity index (χ0) is 24.3. The Balaban J connectivity index is 1.75. The van der Waals surface area contributed by atoms with Crippen LogP contribution in [0.5, 0.6) is 0 Å². The monoisotopic (exact) mass is 448 g/mol. The summed E-state index contributed by atoms with van der Waals surface area (Å²) in [6, 6.07) is 12.7. The average Bonchev–Trinajstić information content (AvgIpc) is 3.21. The number of fused-ring (bicyclic) bond motifs is 1. The fourth-order valence-electron chi connectivity index (χ4n) is 3.36. The van der Waals surface area contributed by atoms with E-state index in [0.717, 1.165) is 16.5 Å². The highest BCUT2D eigenvalue weighted by atomic mass is 16.6. The van der Waals surface area contributed by atoms with Crippen LogP contribution in [0.2, 0.25) is 0 Å². The van der Waals surface area contributed by atoms with Crippen molar-refractivity contribution >= 4 is 34.5 Å². The number of rotatable bonds is 6. The fourth-order valence-corrected chi connectivity index (χ4v) is 3.36. The second-order valence-electron chi connectivity index (χ2n) is 8.77. The van der Waals surface area contributed by atoms with Crippen molar-refractivity contribution in [2.24, 2.45) is 5.73 Å². The van der Waals surface area contributed by atoms with Gasteiger partial charge in [-0.05, 0) is 56.2 Å². The third-order valence-corrected chi connectivity index (χ3v) is 4.87. The molecule has 3 rings (SSSR count). The first kappa shape index (κ1) is 23.6. The third kappa shape index (κ3) is 5.60. The Morgan fingerprint density at radius 1 is 1.15 bits per heavy atom. The van der Waals surface area contributed by atoms with Gasteiger partial charge in [0.25, 0.3) is 11.8 Å². The summed E-state index contributed by atoms with van der Waals surface area (Å²) in [5, 5.41) is 3.66. The normalized spacial score (nSPS) is 11.2. The Morgan fingerprint density at radius 3 is 2.55 bits per heavy atom. The number of carbonyl (C=O) groups excluding carboxylic acids is 3. The summed E-state index contributed by atoms with van der Waals surface area (Å²) < 4.78 is 5.30. The lowest BCUT2D eigenvalue weighted by Gasteiger charge is -2.25.